The number of hydrogen-bond donors (Lipinski definition) is 1. The van der Waals surface area contributed by atoms with Crippen LogP contribution in [-0.2, 0) is 4.74 Å². The summed E-state index contributed by atoms with van der Waals surface area (Å²) in [4.78, 5) is 7.05. The van der Waals surface area contributed by atoms with Gasteiger partial charge >= 0.3 is 0 Å². The van der Waals surface area contributed by atoms with Gasteiger partial charge in [0.25, 0.3) is 0 Å². The van der Waals surface area contributed by atoms with Crippen LogP contribution >= 0.6 is 0 Å². The highest BCUT2D eigenvalue weighted by molar-refractivity contribution is 5.72. The van der Waals surface area contributed by atoms with Crippen molar-refractivity contribution in [2.45, 2.75) is 34.6 Å². The fourth-order valence-electron chi connectivity index (χ4n) is 2.43. The molecule has 25 heavy (non-hydrogen) atoms. The van der Waals surface area contributed by atoms with Gasteiger partial charge < -0.3 is 15.4 Å². The van der Waals surface area contributed by atoms with Gasteiger partial charge in [-0.25, -0.2) is 0 Å². The summed E-state index contributed by atoms with van der Waals surface area (Å²) in [5.41, 5.74) is 6.46. The molecule has 0 amide bonds. The van der Waals surface area contributed by atoms with E-state index in [1.54, 1.807) is 0 Å². The number of ether oxygens (including phenoxy) is 1. The number of likely N-dealkylation sites (N-methyl/N-ethyl adjacent to an activating group) is 1. The third kappa shape index (κ3) is 8.96. The highest BCUT2D eigenvalue weighted by Gasteiger charge is 2.21. The third-order valence-corrected chi connectivity index (χ3v) is 3.97. The predicted octanol–water partition coefficient (Wildman–Crippen LogP) is 3.97. The smallest absolute Gasteiger partial charge is 0.0694 e. The molecule has 1 aliphatic heterocycles. The fourth-order valence-corrected chi connectivity index (χ4v) is 2.43. The minimum Gasteiger partial charge on any atom is -0.379 e. The summed E-state index contributed by atoms with van der Waals surface area (Å²) in [6.07, 6.45) is 14.6. The van der Waals surface area contributed by atoms with Crippen molar-refractivity contribution in [3.63, 3.8) is 0 Å². The Balaban J connectivity index is 0.00000277. The zero-order chi connectivity index (χ0) is 19.1. The molecule has 0 aliphatic carbocycles. The van der Waals surface area contributed by atoms with Gasteiger partial charge in [-0.1, -0.05) is 44.2 Å². The van der Waals surface area contributed by atoms with Gasteiger partial charge in [0.1, 0.15) is 0 Å². The average Bonchev–Trinajstić information content (AvgIpc) is 2.78. The first-order chi connectivity index (χ1) is 12.1. The summed E-state index contributed by atoms with van der Waals surface area (Å²) >= 11 is 0. The zero-order valence-corrected chi connectivity index (χ0v) is 17.0. The Morgan fingerprint density at radius 1 is 1.16 bits per heavy atom. The van der Waals surface area contributed by atoms with Crippen LogP contribution in [0.5, 0.6) is 0 Å². The van der Waals surface area contributed by atoms with Crippen LogP contribution in [0.2, 0.25) is 0 Å². The standard InChI is InChI=1S/C20H32N2O.CH5N/c1-6-10-18-12-13-20(5,16-21-19(18)11-7-2)17-23-15-14-22(8-3)9-4;1-2/h6-7,10-13,16H,8-9,14-15,17H2,1-5H3;2H2,1H3/b10-6-,11-7-;. The van der Waals surface area contributed by atoms with Crippen molar-refractivity contribution in [3.05, 3.63) is 47.7 Å². The van der Waals surface area contributed by atoms with E-state index in [-0.39, 0.29) is 5.41 Å². The lowest BCUT2D eigenvalue weighted by Crippen LogP contribution is -2.29. The summed E-state index contributed by atoms with van der Waals surface area (Å²) in [5.74, 6) is 0. The quantitative estimate of drug-likeness (QED) is 0.642. The molecule has 1 heterocycles. The zero-order valence-electron chi connectivity index (χ0n) is 17.0. The van der Waals surface area contributed by atoms with E-state index >= 15 is 0 Å². The number of aliphatic imine (C=N–C) groups is 1. The molecule has 0 aromatic heterocycles. The van der Waals surface area contributed by atoms with Crippen molar-refractivity contribution < 1.29 is 4.74 Å². The first-order valence-corrected chi connectivity index (χ1v) is 9.20. The van der Waals surface area contributed by atoms with E-state index in [4.69, 9.17) is 4.74 Å². The monoisotopic (exact) mass is 347 g/mol. The second-order valence-corrected chi connectivity index (χ2v) is 6.02. The van der Waals surface area contributed by atoms with E-state index in [9.17, 15) is 0 Å². The van der Waals surface area contributed by atoms with Crippen molar-refractivity contribution in [1.29, 1.82) is 0 Å². The number of hydrogen-bond acceptors (Lipinski definition) is 4. The van der Waals surface area contributed by atoms with E-state index in [1.807, 2.05) is 38.3 Å². The van der Waals surface area contributed by atoms with Crippen molar-refractivity contribution in [2.24, 2.45) is 16.1 Å². The summed E-state index contributed by atoms with van der Waals surface area (Å²) in [7, 11) is 1.50. The second kappa shape index (κ2) is 13.8. The minimum absolute atomic E-state index is 0.167. The lowest BCUT2D eigenvalue weighted by molar-refractivity contribution is 0.0818. The predicted molar refractivity (Wildman–Crippen MR) is 111 cm³/mol. The van der Waals surface area contributed by atoms with Crippen LogP contribution < -0.4 is 5.73 Å². The van der Waals surface area contributed by atoms with Crippen LogP contribution in [0.1, 0.15) is 34.6 Å². The Morgan fingerprint density at radius 3 is 2.36 bits per heavy atom. The summed E-state index contributed by atoms with van der Waals surface area (Å²) in [5, 5.41) is 0. The molecule has 1 rings (SSSR count). The van der Waals surface area contributed by atoms with Crippen molar-refractivity contribution in [1.82, 2.24) is 4.90 Å². The summed E-state index contributed by atoms with van der Waals surface area (Å²) in [6, 6.07) is 0. The molecular formula is C21H37N3O. The highest BCUT2D eigenvalue weighted by atomic mass is 16.5. The molecule has 1 atom stereocenters. The van der Waals surface area contributed by atoms with Gasteiger partial charge in [-0.05, 0) is 52.6 Å². The van der Waals surface area contributed by atoms with Gasteiger partial charge in [-0.15, -0.1) is 0 Å². The number of nitrogens with zero attached hydrogens (tertiary/aromatic N) is 2. The van der Waals surface area contributed by atoms with E-state index in [2.05, 4.69) is 54.6 Å². The number of nitrogens with two attached hydrogens (primary N) is 1. The topological polar surface area (TPSA) is 50.8 Å². The maximum absolute atomic E-state index is 5.92. The first-order valence-electron chi connectivity index (χ1n) is 9.20. The van der Waals surface area contributed by atoms with Gasteiger partial charge in [0, 0.05) is 18.2 Å². The van der Waals surface area contributed by atoms with Gasteiger partial charge in [-0.2, -0.15) is 0 Å². The van der Waals surface area contributed by atoms with Crippen LogP contribution in [0, 0.1) is 5.41 Å². The third-order valence-electron chi connectivity index (χ3n) is 3.97. The normalized spacial score (nSPS) is 20.5. The Morgan fingerprint density at radius 2 is 1.80 bits per heavy atom. The van der Waals surface area contributed by atoms with Crippen molar-refractivity contribution in [2.75, 3.05) is 39.9 Å². The van der Waals surface area contributed by atoms with E-state index < -0.39 is 0 Å². The van der Waals surface area contributed by atoms with Crippen LogP contribution in [0.25, 0.3) is 0 Å². The first kappa shape index (κ1) is 23.5. The lowest BCUT2D eigenvalue weighted by Gasteiger charge is -2.22. The summed E-state index contributed by atoms with van der Waals surface area (Å²) in [6.45, 7) is 15.1. The number of allylic oxidation sites excluding steroid dienone is 6. The van der Waals surface area contributed by atoms with Crippen LogP contribution in [0.3, 0.4) is 0 Å². The SMILES string of the molecule is C/C=C\C1=C(/C=C\C)N=CC(C)(COCCN(CC)CC)C=C1.CN. The van der Waals surface area contributed by atoms with E-state index in [0.29, 0.717) is 6.61 Å². The van der Waals surface area contributed by atoms with Gasteiger partial charge in [0.2, 0.25) is 0 Å². The van der Waals surface area contributed by atoms with Crippen molar-refractivity contribution >= 4 is 6.21 Å². The van der Waals surface area contributed by atoms with Gasteiger partial charge in [0.05, 0.1) is 18.9 Å². The maximum atomic E-state index is 5.92. The highest BCUT2D eigenvalue weighted by Crippen LogP contribution is 2.24. The Kier molecular flexibility index (Phi) is 12.9. The molecule has 142 valence electrons. The van der Waals surface area contributed by atoms with Gasteiger partial charge in [-0.3, -0.25) is 4.99 Å². The average molecular weight is 348 g/mol. The van der Waals surface area contributed by atoms with Crippen LogP contribution in [-0.4, -0.2) is 51.0 Å². The molecule has 0 saturated heterocycles. The number of rotatable bonds is 9. The molecule has 4 heteroatoms. The van der Waals surface area contributed by atoms with E-state index in [0.717, 1.165) is 37.5 Å². The Labute approximate surface area is 154 Å². The summed E-state index contributed by atoms with van der Waals surface area (Å²) < 4.78 is 5.92. The second-order valence-electron chi connectivity index (χ2n) is 6.02. The van der Waals surface area contributed by atoms with Crippen LogP contribution in [0.15, 0.2) is 52.7 Å². The Hall–Kier alpha value is -1.49. The molecule has 4 nitrogen and oxygen atoms in total. The van der Waals surface area contributed by atoms with Crippen molar-refractivity contribution in [3.8, 4) is 0 Å². The fraction of sp³-hybridized carbons (Fsp3) is 0.571. The minimum atomic E-state index is -0.167. The van der Waals surface area contributed by atoms with Gasteiger partial charge in [0.15, 0.2) is 0 Å². The van der Waals surface area contributed by atoms with Crippen LogP contribution in [0.4, 0.5) is 0 Å². The Bertz CT molecular complexity index is 465. The lowest BCUT2D eigenvalue weighted by atomic mass is 9.92. The largest absolute Gasteiger partial charge is 0.379 e. The van der Waals surface area contributed by atoms with E-state index in [1.165, 1.54) is 7.05 Å². The molecular weight excluding hydrogens is 310 g/mol. The molecule has 0 spiro atoms. The maximum Gasteiger partial charge on any atom is 0.0694 e. The molecule has 0 aromatic carbocycles. The molecule has 0 aromatic rings. The molecule has 0 fully saturated rings. The molecule has 0 radical (unpaired) electrons. The molecule has 1 unspecified atom stereocenters. The molecule has 0 saturated carbocycles. The molecule has 2 N–H and O–H groups in total. The molecule has 0 bridgehead atoms. The molecule has 1 aliphatic rings.